The van der Waals surface area contributed by atoms with Crippen molar-refractivity contribution in [1.82, 2.24) is 0 Å². The van der Waals surface area contributed by atoms with Gasteiger partial charge < -0.3 is 14.1 Å². The largest absolute Gasteiger partial charge is 0.496 e. The van der Waals surface area contributed by atoms with Gasteiger partial charge in [-0.1, -0.05) is 43.0 Å². The fraction of sp³-hybridized carbons (Fsp3) is 0.323. The van der Waals surface area contributed by atoms with Crippen molar-refractivity contribution < 1.29 is 39.7 Å². The highest BCUT2D eigenvalue weighted by molar-refractivity contribution is 8.03. The highest BCUT2D eigenvalue weighted by Gasteiger charge is 2.28. The summed E-state index contributed by atoms with van der Waals surface area (Å²) in [5.74, 6) is 0.568. The summed E-state index contributed by atoms with van der Waals surface area (Å²) in [5.41, 5.74) is 4.29. The Morgan fingerprint density at radius 3 is 2.48 bits per heavy atom. The van der Waals surface area contributed by atoms with E-state index in [1.165, 1.54) is 0 Å². The smallest absolute Gasteiger partial charge is 0.374 e. The van der Waals surface area contributed by atoms with Crippen LogP contribution >= 0.6 is 11.8 Å². The fourth-order valence-corrected chi connectivity index (χ4v) is 7.53. The van der Waals surface area contributed by atoms with Gasteiger partial charge in [0.05, 0.1) is 40.8 Å². The maximum absolute atomic E-state index is 11.5. The molecule has 44 heavy (non-hydrogen) atoms. The summed E-state index contributed by atoms with van der Waals surface area (Å²) < 4.78 is 78.4. The molecular formula is C31H35N2O8S3+. The number of aromatic nitrogens is 1. The Hall–Kier alpha value is -3.36. The predicted molar refractivity (Wildman–Crippen MR) is 173 cm³/mol. The number of fused-ring (bicyclic) bond motifs is 4. The first kappa shape index (κ1) is 32.0. The minimum atomic E-state index is -4.13. The van der Waals surface area contributed by atoms with Crippen molar-refractivity contribution in [3.05, 3.63) is 76.7 Å². The van der Waals surface area contributed by atoms with Gasteiger partial charge >= 0.3 is 5.89 Å². The standard InChI is InChI=1S/C31H34N2O8S3/c1-4-22(19-30-32(13-7-15-43(34,35)36)25-17-21(2)27(40-3)20-28(25)42-30)18-29-33(14-8-16-44(37,38)39)31-24-10-6-5-9-23(24)11-12-26(31)41-29/h5-6,9-12,17-20H,4,7-8,13-16H2,1-3H3,(H-,34,35,36,37,38,39)/p+1. The molecule has 2 heterocycles. The Bertz CT molecular complexity index is 2000. The number of methoxy groups -OCH3 is 1. The summed E-state index contributed by atoms with van der Waals surface area (Å²) in [6.45, 7) is 4.65. The van der Waals surface area contributed by atoms with Gasteiger partial charge in [-0.25, -0.2) is 0 Å². The van der Waals surface area contributed by atoms with Gasteiger partial charge in [-0.3, -0.25) is 9.11 Å². The van der Waals surface area contributed by atoms with Crippen LogP contribution in [0.2, 0.25) is 0 Å². The SMILES string of the molecule is CCC(=Cc1oc2ccc3ccccc3c2[n+]1CCCS(=O)(=O)O)C=C1Sc2cc(OC)c(C)cc2N1CCCS(=O)(=O)O. The topological polar surface area (TPSA) is 138 Å². The zero-order valence-corrected chi connectivity index (χ0v) is 27.1. The van der Waals surface area contributed by atoms with E-state index in [1.807, 2.05) is 84.0 Å². The van der Waals surface area contributed by atoms with E-state index in [1.54, 1.807) is 18.9 Å². The first-order valence-electron chi connectivity index (χ1n) is 14.2. The maximum Gasteiger partial charge on any atom is 0.374 e. The van der Waals surface area contributed by atoms with Gasteiger partial charge in [-0.15, -0.1) is 0 Å². The molecular weight excluding hydrogens is 625 g/mol. The lowest BCUT2D eigenvalue weighted by molar-refractivity contribution is -0.677. The minimum absolute atomic E-state index is 0.193. The highest BCUT2D eigenvalue weighted by Crippen LogP contribution is 2.49. The molecule has 0 saturated heterocycles. The molecule has 0 spiro atoms. The molecule has 10 nitrogen and oxygen atoms in total. The predicted octanol–water partition coefficient (Wildman–Crippen LogP) is 5.99. The second kappa shape index (κ2) is 12.9. The van der Waals surface area contributed by atoms with Crippen LogP contribution < -0.4 is 14.2 Å². The van der Waals surface area contributed by atoms with E-state index in [2.05, 4.69) is 0 Å². The van der Waals surface area contributed by atoms with Gasteiger partial charge in [0.1, 0.15) is 5.75 Å². The van der Waals surface area contributed by atoms with Crippen molar-refractivity contribution >= 4 is 65.6 Å². The summed E-state index contributed by atoms with van der Waals surface area (Å²) in [6.07, 6.45) is 5.04. The molecule has 0 bridgehead atoms. The van der Waals surface area contributed by atoms with E-state index in [4.69, 9.17) is 9.15 Å². The number of hydrogen-bond donors (Lipinski definition) is 2. The van der Waals surface area contributed by atoms with E-state index in [9.17, 15) is 25.9 Å². The number of benzene rings is 3. The summed E-state index contributed by atoms with van der Waals surface area (Å²) in [4.78, 5) is 3.02. The molecule has 0 fully saturated rings. The van der Waals surface area contributed by atoms with Crippen LogP contribution in [-0.2, 0) is 26.8 Å². The number of oxazole rings is 1. The number of rotatable bonds is 12. The van der Waals surface area contributed by atoms with Gasteiger partial charge in [0.25, 0.3) is 25.8 Å². The lowest BCUT2D eigenvalue weighted by Gasteiger charge is -2.21. The molecule has 234 valence electrons. The molecule has 13 heteroatoms. The van der Waals surface area contributed by atoms with Crippen LogP contribution in [0, 0.1) is 6.92 Å². The van der Waals surface area contributed by atoms with Gasteiger partial charge in [0.15, 0.2) is 6.54 Å². The van der Waals surface area contributed by atoms with Crippen LogP contribution in [0.5, 0.6) is 5.75 Å². The normalized spacial score (nSPS) is 15.1. The summed E-state index contributed by atoms with van der Waals surface area (Å²) in [6, 6.07) is 15.8. The third-order valence-electron chi connectivity index (χ3n) is 7.46. The molecule has 5 rings (SSSR count). The van der Waals surface area contributed by atoms with Crippen molar-refractivity contribution in [2.75, 3.05) is 30.1 Å². The molecule has 2 N–H and O–H groups in total. The first-order chi connectivity index (χ1) is 20.9. The lowest BCUT2D eigenvalue weighted by Crippen LogP contribution is -2.36. The van der Waals surface area contributed by atoms with Crippen molar-refractivity contribution in [3.63, 3.8) is 0 Å². The summed E-state index contributed by atoms with van der Waals surface area (Å²) >= 11 is 1.54. The monoisotopic (exact) mass is 659 g/mol. The number of thioether (sulfide) groups is 1. The van der Waals surface area contributed by atoms with E-state index in [0.29, 0.717) is 31.0 Å². The summed E-state index contributed by atoms with van der Waals surface area (Å²) in [5, 5.41) is 2.87. The van der Waals surface area contributed by atoms with E-state index >= 15 is 0 Å². The van der Waals surface area contributed by atoms with Gasteiger partial charge in [0.2, 0.25) is 5.58 Å². The van der Waals surface area contributed by atoms with E-state index in [0.717, 1.165) is 48.8 Å². The van der Waals surface area contributed by atoms with Gasteiger partial charge in [-0.05, 0) is 66.6 Å². The average Bonchev–Trinajstić information content (AvgIpc) is 3.47. The number of anilines is 1. The Morgan fingerprint density at radius 2 is 1.77 bits per heavy atom. The minimum Gasteiger partial charge on any atom is -0.496 e. The Balaban J connectivity index is 1.58. The molecule has 4 aromatic rings. The molecule has 1 aromatic heterocycles. The van der Waals surface area contributed by atoms with E-state index in [-0.39, 0.29) is 24.3 Å². The number of hydrogen-bond acceptors (Lipinski definition) is 8. The molecule has 3 aromatic carbocycles. The van der Waals surface area contributed by atoms with Gasteiger partial charge in [-0.2, -0.15) is 21.4 Å². The third-order valence-corrected chi connectivity index (χ3v) is 10.2. The van der Waals surface area contributed by atoms with Gasteiger partial charge in [0, 0.05) is 17.9 Å². The zero-order valence-electron chi connectivity index (χ0n) is 24.7. The van der Waals surface area contributed by atoms with E-state index < -0.39 is 20.2 Å². The number of aryl methyl sites for hydroxylation is 2. The third kappa shape index (κ3) is 7.29. The molecule has 0 unspecified atom stereocenters. The molecule has 0 saturated carbocycles. The van der Waals surface area contributed by atoms with Crippen LogP contribution in [0.3, 0.4) is 0 Å². The quantitative estimate of drug-likeness (QED) is 0.138. The molecule has 0 atom stereocenters. The van der Waals surface area contributed by atoms with Crippen molar-refractivity contribution in [3.8, 4) is 5.75 Å². The second-order valence-electron chi connectivity index (χ2n) is 10.6. The number of allylic oxidation sites excluding steroid dienone is 2. The Labute approximate surface area is 261 Å². The first-order valence-corrected chi connectivity index (χ1v) is 18.2. The van der Waals surface area contributed by atoms with Crippen LogP contribution in [0.4, 0.5) is 5.69 Å². The Kier molecular flexibility index (Phi) is 9.42. The fourth-order valence-electron chi connectivity index (χ4n) is 5.37. The van der Waals surface area contributed by atoms with Crippen molar-refractivity contribution in [1.29, 1.82) is 0 Å². The van der Waals surface area contributed by atoms with Crippen molar-refractivity contribution in [2.24, 2.45) is 0 Å². The van der Waals surface area contributed by atoms with Crippen LogP contribution in [-0.4, -0.2) is 51.1 Å². The van der Waals surface area contributed by atoms with Crippen molar-refractivity contribution in [2.45, 2.75) is 44.6 Å². The lowest BCUT2D eigenvalue weighted by atomic mass is 10.1. The number of nitrogens with zero attached hydrogens (tertiary/aromatic N) is 2. The molecule has 0 amide bonds. The zero-order chi connectivity index (χ0) is 31.6. The van der Waals surface area contributed by atoms with Crippen LogP contribution in [0.1, 0.15) is 37.6 Å². The Morgan fingerprint density at radius 1 is 1.05 bits per heavy atom. The van der Waals surface area contributed by atoms with Crippen LogP contribution in [0.25, 0.3) is 27.9 Å². The molecule has 1 aliphatic heterocycles. The highest BCUT2D eigenvalue weighted by atomic mass is 32.2. The number of ether oxygens (including phenoxy) is 1. The molecule has 0 aliphatic carbocycles. The second-order valence-corrected chi connectivity index (χ2v) is 14.8. The maximum atomic E-state index is 11.5. The average molecular weight is 660 g/mol. The summed E-state index contributed by atoms with van der Waals surface area (Å²) in [7, 11) is -6.61. The molecule has 0 radical (unpaired) electrons. The molecule has 1 aliphatic rings. The van der Waals surface area contributed by atoms with Crippen LogP contribution in [0.15, 0.2) is 74.5 Å².